The van der Waals surface area contributed by atoms with Gasteiger partial charge in [-0.05, 0) is 43.1 Å². The molecule has 0 spiro atoms. The summed E-state index contributed by atoms with van der Waals surface area (Å²) in [7, 11) is 0. The third kappa shape index (κ3) is 2.88. The van der Waals surface area contributed by atoms with E-state index >= 15 is 0 Å². The summed E-state index contributed by atoms with van der Waals surface area (Å²) in [4.78, 5) is 13.7. The summed E-state index contributed by atoms with van der Waals surface area (Å²) in [5, 5.41) is 0. The molecule has 1 aliphatic heterocycles. The molecule has 3 atom stereocenters. The lowest BCUT2D eigenvalue weighted by molar-refractivity contribution is 0.0570. The maximum Gasteiger partial charge on any atom is 0.410 e. The standard InChI is InChI=1S/C15H28N2O2/c1-4-15(2,3)12-6-5-11(10-16)13(9-12)17-7-8-19-14(17)18/h11-13H,4-10,16H2,1-3H3. The number of carbonyl (C=O) groups is 1. The summed E-state index contributed by atoms with van der Waals surface area (Å²) in [6, 6.07) is 0.282. The minimum Gasteiger partial charge on any atom is -0.448 e. The van der Waals surface area contributed by atoms with Crippen LogP contribution in [0.5, 0.6) is 0 Å². The van der Waals surface area contributed by atoms with Crippen LogP contribution in [0.3, 0.4) is 0 Å². The quantitative estimate of drug-likeness (QED) is 0.852. The second-order valence-corrected chi connectivity index (χ2v) is 6.72. The van der Waals surface area contributed by atoms with Crippen LogP contribution < -0.4 is 5.73 Å². The summed E-state index contributed by atoms with van der Waals surface area (Å²) >= 11 is 0. The van der Waals surface area contributed by atoms with Gasteiger partial charge < -0.3 is 15.4 Å². The summed E-state index contributed by atoms with van der Waals surface area (Å²) < 4.78 is 5.10. The molecule has 2 aliphatic rings. The third-order valence-corrected chi connectivity index (χ3v) is 5.47. The SMILES string of the molecule is CCC(C)(C)C1CCC(CN)C(N2CCOC2=O)C1. The van der Waals surface area contributed by atoms with Gasteiger partial charge in [-0.2, -0.15) is 0 Å². The zero-order valence-electron chi connectivity index (χ0n) is 12.5. The molecule has 2 fully saturated rings. The molecule has 1 heterocycles. The molecule has 0 radical (unpaired) electrons. The monoisotopic (exact) mass is 268 g/mol. The Hall–Kier alpha value is -0.770. The van der Waals surface area contributed by atoms with Gasteiger partial charge in [0, 0.05) is 6.04 Å². The molecule has 1 saturated heterocycles. The molecular weight excluding hydrogens is 240 g/mol. The van der Waals surface area contributed by atoms with Gasteiger partial charge in [0.15, 0.2) is 0 Å². The highest BCUT2D eigenvalue weighted by atomic mass is 16.6. The predicted molar refractivity (Wildman–Crippen MR) is 75.8 cm³/mol. The first-order chi connectivity index (χ1) is 8.99. The topological polar surface area (TPSA) is 55.6 Å². The fourth-order valence-corrected chi connectivity index (χ4v) is 3.57. The molecule has 2 rings (SSSR count). The van der Waals surface area contributed by atoms with Crippen LogP contribution >= 0.6 is 0 Å². The Morgan fingerprint density at radius 2 is 2.16 bits per heavy atom. The zero-order valence-corrected chi connectivity index (χ0v) is 12.5. The maximum atomic E-state index is 11.8. The Morgan fingerprint density at radius 3 is 2.68 bits per heavy atom. The van der Waals surface area contributed by atoms with Gasteiger partial charge in [0.05, 0.1) is 6.54 Å². The van der Waals surface area contributed by atoms with Crippen molar-refractivity contribution in [2.45, 2.75) is 52.5 Å². The lowest BCUT2D eigenvalue weighted by Gasteiger charge is -2.45. The average Bonchev–Trinajstić information content (AvgIpc) is 2.84. The number of carbonyl (C=O) groups excluding carboxylic acids is 1. The lowest BCUT2D eigenvalue weighted by atomic mass is 9.65. The first-order valence-electron chi connectivity index (χ1n) is 7.63. The molecule has 4 heteroatoms. The van der Waals surface area contributed by atoms with Gasteiger partial charge in [-0.3, -0.25) is 0 Å². The summed E-state index contributed by atoms with van der Waals surface area (Å²) in [5.74, 6) is 1.12. The fraction of sp³-hybridized carbons (Fsp3) is 0.933. The largest absolute Gasteiger partial charge is 0.448 e. The van der Waals surface area contributed by atoms with Crippen LogP contribution in [-0.4, -0.2) is 36.7 Å². The smallest absolute Gasteiger partial charge is 0.410 e. The number of hydrogen-bond acceptors (Lipinski definition) is 3. The van der Waals surface area contributed by atoms with E-state index < -0.39 is 0 Å². The van der Waals surface area contributed by atoms with E-state index in [-0.39, 0.29) is 12.1 Å². The Labute approximate surface area is 116 Å². The molecule has 0 aromatic rings. The normalized spacial score (nSPS) is 32.5. The highest BCUT2D eigenvalue weighted by Crippen LogP contribution is 2.43. The van der Waals surface area contributed by atoms with E-state index in [1.54, 1.807) is 0 Å². The summed E-state index contributed by atoms with van der Waals surface area (Å²) in [6.45, 7) is 8.90. The first-order valence-corrected chi connectivity index (χ1v) is 7.63. The van der Waals surface area contributed by atoms with Crippen LogP contribution in [0, 0.1) is 17.3 Å². The molecule has 4 nitrogen and oxygen atoms in total. The Bertz CT molecular complexity index is 330. The first kappa shape index (κ1) is 14.6. The molecule has 0 aromatic carbocycles. The highest BCUT2D eigenvalue weighted by Gasteiger charge is 2.42. The fourth-order valence-electron chi connectivity index (χ4n) is 3.57. The molecule has 0 bridgehead atoms. The molecule has 110 valence electrons. The summed E-state index contributed by atoms with van der Waals surface area (Å²) in [5.41, 5.74) is 6.26. The Balaban J connectivity index is 2.11. The molecule has 1 saturated carbocycles. The molecule has 1 aliphatic carbocycles. The van der Waals surface area contributed by atoms with Crippen LogP contribution in [0.25, 0.3) is 0 Å². The number of nitrogens with two attached hydrogens (primary N) is 1. The minimum atomic E-state index is -0.140. The van der Waals surface area contributed by atoms with Gasteiger partial charge in [0.2, 0.25) is 0 Å². The Kier molecular flexibility index (Phi) is 4.39. The van der Waals surface area contributed by atoms with Crippen molar-refractivity contribution >= 4 is 6.09 Å². The van der Waals surface area contributed by atoms with Crippen molar-refractivity contribution in [2.75, 3.05) is 19.7 Å². The van der Waals surface area contributed by atoms with Crippen molar-refractivity contribution in [3.8, 4) is 0 Å². The van der Waals surface area contributed by atoms with Gasteiger partial charge in [0.1, 0.15) is 6.61 Å². The average molecular weight is 268 g/mol. The number of nitrogens with zero attached hydrogens (tertiary/aromatic N) is 1. The van der Waals surface area contributed by atoms with Crippen molar-refractivity contribution in [1.29, 1.82) is 0 Å². The van der Waals surface area contributed by atoms with Crippen molar-refractivity contribution in [3.63, 3.8) is 0 Å². The van der Waals surface area contributed by atoms with Gasteiger partial charge >= 0.3 is 6.09 Å². The van der Waals surface area contributed by atoms with Crippen LogP contribution in [0.1, 0.15) is 46.5 Å². The van der Waals surface area contributed by atoms with E-state index in [0.717, 1.165) is 19.4 Å². The van der Waals surface area contributed by atoms with E-state index in [9.17, 15) is 4.79 Å². The number of amides is 1. The predicted octanol–water partition coefficient (Wildman–Crippen LogP) is 2.62. The highest BCUT2D eigenvalue weighted by molar-refractivity contribution is 5.69. The van der Waals surface area contributed by atoms with Crippen molar-refractivity contribution in [1.82, 2.24) is 4.90 Å². The second-order valence-electron chi connectivity index (χ2n) is 6.72. The molecule has 3 unspecified atom stereocenters. The van der Waals surface area contributed by atoms with Gasteiger partial charge in [-0.25, -0.2) is 4.79 Å². The molecule has 1 amide bonds. The van der Waals surface area contributed by atoms with Crippen molar-refractivity contribution in [3.05, 3.63) is 0 Å². The van der Waals surface area contributed by atoms with Crippen molar-refractivity contribution < 1.29 is 9.53 Å². The van der Waals surface area contributed by atoms with E-state index in [4.69, 9.17) is 10.5 Å². The van der Waals surface area contributed by atoms with Gasteiger partial charge in [-0.15, -0.1) is 0 Å². The third-order valence-electron chi connectivity index (χ3n) is 5.47. The van der Waals surface area contributed by atoms with E-state index in [1.165, 1.54) is 12.8 Å². The van der Waals surface area contributed by atoms with Crippen LogP contribution in [-0.2, 0) is 4.74 Å². The maximum absolute atomic E-state index is 11.8. The lowest BCUT2D eigenvalue weighted by Crippen LogP contribution is -2.49. The Morgan fingerprint density at radius 1 is 1.42 bits per heavy atom. The molecular formula is C15H28N2O2. The van der Waals surface area contributed by atoms with Gasteiger partial charge in [-0.1, -0.05) is 27.2 Å². The number of ether oxygens (including phenoxy) is 1. The summed E-state index contributed by atoms with van der Waals surface area (Å²) in [6.07, 6.45) is 4.50. The van der Waals surface area contributed by atoms with E-state index in [1.807, 2.05) is 4.90 Å². The number of rotatable bonds is 4. The van der Waals surface area contributed by atoms with Gasteiger partial charge in [0.25, 0.3) is 0 Å². The zero-order chi connectivity index (χ0) is 14.0. The second kappa shape index (κ2) is 5.70. The van der Waals surface area contributed by atoms with Crippen LogP contribution in [0.15, 0.2) is 0 Å². The molecule has 0 aromatic heterocycles. The van der Waals surface area contributed by atoms with E-state index in [0.29, 0.717) is 30.4 Å². The number of cyclic esters (lactones) is 1. The van der Waals surface area contributed by atoms with Crippen LogP contribution in [0.4, 0.5) is 4.79 Å². The van der Waals surface area contributed by atoms with Crippen molar-refractivity contribution in [2.24, 2.45) is 23.0 Å². The molecule has 19 heavy (non-hydrogen) atoms. The number of hydrogen-bond donors (Lipinski definition) is 1. The van der Waals surface area contributed by atoms with Crippen LogP contribution in [0.2, 0.25) is 0 Å². The van der Waals surface area contributed by atoms with E-state index in [2.05, 4.69) is 20.8 Å². The minimum absolute atomic E-state index is 0.140. The molecule has 2 N–H and O–H groups in total.